The molecule has 0 N–H and O–H groups in total. The maximum absolute atomic E-state index is 12.5. The molecule has 1 aliphatic heterocycles. The van der Waals surface area contributed by atoms with Crippen LogP contribution in [0.25, 0.3) is 16.9 Å². The molecule has 5 nitrogen and oxygen atoms in total. The van der Waals surface area contributed by atoms with Crippen LogP contribution in [0.1, 0.15) is 32.5 Å². The number of aromatic nitrogens is 3. The number of fused-ring (bicyclic) bond motifs is 1. The molecule has 0 aliphatic carbocycles. The fourth-order valence-corrected chi connectivity index (χ4v) is 5.61. The van der Waals surface area contributed by atoms with Crippen LogP contribution in [0.4, 0.5) is 0 Å². The van der Waals surface area contributed by atoms with E-state index in [-0.39, 0.29) is 11.8 Å². The summed E-state index contributed by atoms with van der Waals surface area (Å²) in [5, 5.41) is 4.73. The Bertz CT molecular complexity index is 1300. The van der Waals surface area contributed by atoms with Crippen molar-refractivity contribution in [1.82, 2.24) is 19.7 Å². The van der Waals surface area contributed by atoms with Crippen molar-refractivity contribution in [2.24, 2.45) is 0 Å². The second-order valence-corrected chi connectivity index (χ2v) is 9.40. The normalized spacial score (nSPS) is 15.4. The summed E-state index contributed by atoms with van der Waals surface area (Å²) >= 11 is 1.77. The van der Waals surface area contributed by atoms with E-state index in [1.165, 1.54) is 27.0 Å². The second-order valence-electron chi connectivity index (χ2n) is 8.06. The monoisotopic (exact) mass is 440 g/mol. The van der Waals surface area contributed by atoms with Crippen LogP contribution >= 0.6 is 11.3 Å². The zero-order chi connectivity index (χ0) is 22.2. The summed E-state index contributed by atoms with van der Waals surface area (Å²) in [6.07, 6.45) is 5.23. The highest BCUT2D eigenvalue weighted by atomic mass is 32.1. The summed E-state index contributed by atoms with van der Waals surface area (Å²) in [6.45, 7) is 9.14. The Hall–Kier alpha value is -3.51. The number of nitrogens with zero attached hydrogens (tertiary/aromatic N) is 4. The Morgan fingerprint density at radius 2 is 1.94 bits per heavy atom. The van der Waals surface area contributed by atoms with Gasteiger partial charge < -0.3 is 4.90 Å². The van der Waals surface area contributed by atoms with E-state index >= 15 is 0 Å². The van der Waals surface area contributed by atoms with Gasteiger partial charge in [-0.05, 0) is 54.8 Å². The molecular weight excluding hydrogens is 416 g/mol. The van der Waals surface area contributed by atoms with Crippen LogP contribution in [0.3, 0.4) is 0 Å². The Kier molecular flexibility index (Phi) is 5.23. The second kappa shape index (κ2) is 8.20. The predicted octanol–water partition coefficient (Wildman–Crippen LogP) is 5.27. The molecule has 1 atom stereocenters. The molecule has 0 fully saturated rings. The number of amides is 1. The molecule has 5 rings (SSSR count). The Morgan fingerprint density at radius 1 is 1.12 bits per heavy atom. The maximum Gasteiger partial charge on any atom is 0.246 e. The number of pyridine rings is 1. The van der Waals surface area contributed by atoms with Gasteiger partial charge in [0.15, 0.2) is 5.82 Å². The van der Waals surface area contributed by atoms with Gasteiger partial charge in [-0.15, -0.1) is 11.3 Å². The molecule has 4 heterocycles. The molecular formula is C26H24N4OS. The van der Waals surface area contributed by atoms with Gasteiger partial charge in [0.2, 0.25) is 5.91 Å². The molecule has 6 heteroatoms. The largest absolute Gasteiger partial charge is 0.333 e. The van der Waals surface area contributed by atoms with Crippen molar-refractivity contribution in [3.8, 4) is 16.9 Å². The van der Waals surface area contributed by atoms with Crippen LogP contribution in [0, 0.1) is 13.8 Å². The number of aryl methyl sites for hydroxylation is 2. The van der Waals surface area contributed by atoms with Crippen molar-refractivity contribution < 1.29 is 4.79 Å². The molecule has 3 aromatic heterocycles. The summed E-state index contributed by atoms with van der Waals surface area (Å²) in [4.78, 5) is 21.4. The first-order chi connectivity index (χ1) is 15.5. The molecule has 0 saturated heterocycles. The van der Waals surface area contributed by atoms with Gasteiger partial charge in [-0.3, -0.25) is 4.79 Å². The van der Waals surface area contributed by atoms with Gasteiger partial charge in [-0.1, -0.05) is 36.9 Å². The molecule has 0 bridgehead atoms. The number of thiophene rings is 1. The van der Waals surface area contributed by atoms with Crippen molar-refractivity contribution in [2.75, 3.05) is 6.54 Å². The third-order valence-corrected chi connectivity index (χ3v) is 7.02. The van der Waals surface area contributed by atoms with Crippen LogP contribution in [0.15, 0.2) is 73.6 Å². The van der Waals surface area contributed by atoms with Gasteiger partial charge >= 0.3 is 0 Å². The van der Waals surface area contributed by atoms with E-state index in [4.69, 9.17) is 5.10 Å². The lowest BCUT2D eigenvalue weighted by molar-refractivity contribution is -0.127. The number of hydrogen-bond donors (Lipinski definition) is 0. The number of carbonyl (C=O) groups excluding carboxylic acids is 1. The molecule has 160 valence electrons. The Morgan fingerprint density at radius 3 is 2.72 bits per heavy atom. The molecule has 0 unspecified atom stereocenters. The van der Waals surface area contributed by atoms with Crippen LogP contribution in [0.5, 0.6) is 0 Å². The van der Waals surface area contributed by atoms with E-state index in [1.807, 2.05) is 40.9 Å². The summed E-state index contributed by atoms with van der Waals surface area (Å²) in [5.74, 6) is 0.861. The number of rotatable bonds is 4. The smallest absolute Gasteiger partial charge is 0.246 e. The van der Waals surface area contributed by atoms with Gasteiger partial charge in [0.25, 0.3) is 0 Å². The standard InChI is InChI=1S/C26H24N4OS/c1-4-26(31)29-14-23(21-13-17(2)32-24(21)16-29)20-10-6-5-9-19(20)22-15-30(28-18(22)3)25-11-7-8-12-27-25/h4-13,15,23H,1,14,16H2,2-3H3/t23-/m0/s1. The summed E-state index contributed by atoms with van der Waals surface area (Å²) < 4.78 is 1.83. The number of hydrogen-bond acceptors (Lipinski definition) is 4. The topological polar surface area (TPSA) is 51.0 Å². The van der Waals surface area contributed by atoms with Gasteiger partial charge in [-0.2, -0.15) is 5.10 Å². The van der Waals surface area contributed by atoms with E-state index in [0.29, 0.717) is 13.1 Å². The van der Waals surface area contributed by atoms with E-state index in [2.05, 4.69) is 48.8 Å². The van der Waals surface area contributed by atoms with Crippen LogP contribution in [-0.4, -0.2) is 32.1 Å². The van der Waals surface area contributed by atoms with Crippen LogP contribution < -0.4 is 0 Å². The van der Waals surface area contributed by atoms with Gasteiger partial charge in [0.1, 0.15) is 0 Å². The lowest BCUT2D eigenvalue weighted by Gasteiger charge is -2.33. The Labute approximate surface area is 191 Å². The highest BCUT2D eigenvalue weighted by molar-refractivity contribution is 7.12. The van der Waals surface area contributed by atoms with E-state index in [0.717, 1.165) is 22.6 Å². The lowest BCUT2D eigenvalue weighted by Crippen LogP contribution is -2.37. The van der Waals surface area contributed by atoms with Crippen LogP contribution in [-0.2, 0) is 11.3 Å². The first-order valence-electron chi connectivity index (χ1n) is 10.6. The molecule has 0 radical (unpaired) electrons. The zero-order valence-electron chi connectivity index (χ0n) is 18.2. The average molecular weight is 441 g/mol. The van der Waals surface area contributed by atoms with Gasteiger partial charge in [0, 0.05) is 40.2 Å². The van der Waals surface area contributed by atoms with E-state index < -0.39 is 0 Å². The predicted molar refractivity (Wildman–Crippen MR) is 128 cm³/mol. The van der Waals surface area contributed by atoms with Crippen molar-refractivity contribution in [2.45, 2.75) is 26.3 Å². The fraction of sp³-hybridized carbons (Fsp3) is 0.192. The van der Waals surface area contributed by atoms with Crippen molar-refractivity contribution in [1.29, 1.82) is 0 Å². The Balaban J connectivity index is 1.62. The van der Waals surface area contributed by atoms with E-state index in [1.54, 1.807) is 17.5 Å². The van der Waals surface area contributed by atoms with Gasteiger partial charge in [0.05, 0.1) is 12.2 Å². The van der Waals surface area contributed by atoms with Gasteiger partial charge in [-0.25, -0.2) is 9.67 Å². The zero-order valence-corrected chi connectivity index (χ0v) is 19.0. The first-order valence-corrected chi connectivity index (χ1v) is 11.4. The highest BCUT2D eigenvalue weighted by Gasteiger charge is 2.31. The summed E-state index contributed by atoms with van der Waals surface area (Å²) in [5.41, 5.74) is 5.69. The minimum absolute atomic E-state index is 0.0247. The van der Waals surface area contributed by atoms with Crippen molar-refractivity contribution >= 4 is 17.2 Å². The molecule has 0 saturated carbocycles. The molecule has 0 spiro atoms. The molecule has 1 amide bonds. The first kappa shape index (κ1) is 20.4. The third-order valence-electron chi connectivity index (χ3n) is 5.97. The minimum atomic E-state index is -0.0247. The minimum Gasteiger partial charge on any atom is -0.333 e. The van der Waals surface area contributed by atoms with Crippen LogP contribution in [0.2, 0.25) is 0 Å². The summed E-state index contributed by atoms with van der Waals surface area (Å²) in [7, 11) is 0. The average Bonchev–Trinajstić information content (AvgIpc) is 3.40. The number of carbonyl (C=O) groups is 1. The summed E-state index contributed by atoms with van der Waals surface area (Å²) in [6, 6.07) is 16.5. The molecule has 32 heavy (non-hydrogen) atoms. The SMILES string of the molecule is C=CC(=O)N1Cc2sc(C)cc2[C@H](c2ccccc2-c2cn(-c3ccccn3)nc2C)C1. The maximum atomic E-state index is 12.5. The lowest BCUT2D eigenvalue weighted by atomic mass is 9.84. The fourth-order valence-electron chi connectivity index (χ4n) is 4.50. The van der Waals surface area contributed by atoms with E-state index in [9.17, 15) is 4.79 Å². The highest BCUT2D eigenvalue weighted by Crippen LogP contribution is 2.42. The molecule has 1 aromatic carbocycles. The molecule has 1 aliphatic rings. The molecule has 4 aromatic rings. The number of benzene rings is 1. The van der Waals surface area contributed by atoms with Crippen molar-refractivity contribution in [3.05, 3.63) is 100 Å². The third kappa shape index (κ3) is 3.56. The quantitative estimate of drug-likeness (QED) is 0.406. The van der Waals surface area contributed by atoms with Crippen molar-refractivity contribution in [3.63, 3.8) is 0 Å².